The van der Waals surface area contributed by atoms with E-state index >= 15 is 0 Å². The molecule has 0 saturated carbocycles. The minimum Gasteiger partial charge on any atom is -0.497 e. The van der Waals surface area contributed by atoms with E-state index in [1.165, 1.54) is 0 Å². The van der Waals surface area contributed by atoms with Gasteiger partial charge in [0, 0.05) is 24.2 Å². The lowest BCUT2D eigenvalue weighted by Crippen LogP contribution is -2.52. The van der Waals surface area contributed by atoms with E-state index < -0.39 is 0 Å². The third-order valence-electron chi connectivity index (χ3n) is 4.62. The van der Waals surface area contributed by atoms with Crippen LogP contribution in [0.2, 0.25) is 0 Å². The van der Waals surface area contributed by atoms with Gasteiger partial charge >= 0.3 is 0 Å². The predicted octanol–water partition coefficient (Wildman–Crippen LogP) is 2.20. The van der Waals surface area contributed by atoms with E-state index in [-0.39, 0.29) is 18.0 Å². The van der Waals surface area contributed by atoms with Crippen LogP contribution in [0, 0.1) is 0 Å². The summed E-state index contributed by atoms with van der Waals surface area (Å²) in [5, 5.41) is 0. The Morgan fingerprint density at radius 3 is 3.00 bits per heavy atom. The Balaban J connectivity index is 1.85. The number of ether oxygens (including phenoxy) is 2. The maximum atomic E-state index is 12.9. The molecule has 3 rings (SSSR count). The molecule has 0 radical (unpaired) electrons. The standard InChI is InChI=1S/C18H24N2O3/c1-12(19)16-5-3-4-8-20(16)18(21)14-9-13-10-15(22-2)6-7-17(13)23-11-14/h6-7,9-10,12,16H,3-5,8,11,19H2,1-2H3/t12-,16-/m1/s1. The van der Waals surface area contributed by atoms with E-state index in [0.29, 0.717) is 12.2 Å². The zero-order chi connectivity index (χ0) is 16.4. The zero-order valence-corrected chi connectivity index (χ0v) is 13.7. The second-order valence-corrected chi connectivity index (χ2v) is 6.28. The Morgan fingerprint density at radius 2 is 2.26 bits per heavy atom. The van der Waals surface area contributed by atoms with Crippen LogP contribution in [0.5, 0.6) is 11.5 Å². The van der Waals surface area contributed by atoms with Crippen molar-refractivity contribution in [1.82, 2.24) is 4.90 Å². The van der Waals surface area contributed by atoms with Crippen molar-refractivity contribution in [3.63, 3.8) is 0 Å². The molecule has 2 N–H and O–H groups in total. The summed E-state index contributed by atoms with van der Waals surface area (Å²) in [6.45, 7) is 3.05. The van der Waals surface area contributed by atoms with Crippen LogP contribution in [0.1, 0.15) is 31.7 Å². The molecule has 0 spiro atoms. The van der Waals surface area contributed by atoms with E-state index in [4.69, 9.17) is 15.2 Å². The number of carbonyl (C=O) groups is 1. The van der Waals surface area contributed by atoms with Gasteiger partial charge in [-0.1, -0.05) is 0 Å². The first-order valence-electron chi connectivity index (χ1n) is 8.18. The quantitative estimate of drug-likeness (QED) is 0.928. The highest BCUT2D eigenvalue weighted by atomic mass is 16.5. The molecule has 2 heterocycles. The van der Waals surface area contributed by atoms with Crippen molar-refractivity contribution in [1.29, 1.82) is 0 Å². The van der Waals surface area contributed by atoms with Crippen LogP contribution in [0.4, 0.5) is 0 Å². The van der Waals surface area contributed by atoms with Gasteiger partial charge in [-0.05, 0) is 50.5 Å². The van der Waals surface area contributed by atoms with E-state index in [9.17, 15) is 4.79 Å². The maximum Gasteiger partial charge on any atom is 0.253 e. The van der Waals surface area contributed by atoms with Gasteiger partial charge in [0.05, 0.1) is 12.7 Å². The molecule has 2 aliphatic rings. The van der Waals surface area contributed by atoms with Crippen molar-refractivity contribution in [2.24, 2.45) is 5.73 Å². The third-order valence-corrected chi connectivity index (χ3v) is 4.62. The fourth-order valence-electron chi connectivity index (χ4n) is 3.35. The highest BCUT2D eigenvalue weighted by Crippen LogP contribution is 2.31. The van der Waals surface area contributed by atoms with Crippen molar-refractivity contribution < 1.29 is 14.3 Å². The molecular weight excluding hydrogens is 292 g/mol. The first-order valence-corrected chi connectivity index (χ1v) is 8.18. The summed E-state index contributed by atoms with van der Waals surface area (Å²) in [6.07, 6.45) is 5.05. The highest BCUT2D eigenvalue weighted by Gasteiger charge is 2.31. The number of rotatable bonds is 3. The van der Waals surface area contributed by atoms with E-state index in [2.05, 4.69) is 0 Å². The van der Waals surface area contributed by atoms with Crippen molar-refractivity contribution in [2.75, 3.05) is 20.3 Å². The molecule has 1 aromatic carbocycles. The summed E-state index contributed by atoms with van der Waals surface area (Å²) in [6, 6.07) is 5.72. The predicted molar refractivity (Wildman–Crippen MR) is 89.5 cm³/mol. The number of hydrogen-bond acceptors (Lipinski definition) is 4. The fraction of sp³-hybridized carbons (Fsp3) is 0.500. The first-order chi connectivity index (χ1) is 11.1. The average molecular weight is 316 g/mol. The molecule has 124 valence electrons. The molecule has 0 aromatic heterocycles. The van der Waals surface area contributed by atoms with Crippen LogP contribution in [-0.4, -0.2) is 43.2 Å². The topological polar surface area (TPSA) is 64.8 Å². The number of nitrogens with zero attached hydrogens (tertiary/aromatic N) is 1. The van der Waals surface area contributed by atoms with Gasteiger partial charge in [0.1, 0.15) is 18.1 Å². The lowest BCUT2D eigenvalue weighted by Gasteiger charge is -2.38. The molecule has 0 bridgehead atoms. The van der Waals surface area contributed by atoms with E-state index in [1.54, 1.807) is 7.11 Å². The van der Waals surface area contributed by atoms with Crippen LogP contribution in [0.15, 0.2) is 23.8 Å². The number of benzene rings is 1. The largest absolute Gasteiger partial charge is 0.497 e. The van der Waals surface area contributed by atoms with Crippen molar-refractivity contribution >= 4 is 12.0 Å². The number of carbonyl (C=O) groups excluding carboxylic acids is 1. The van der Waals surface area contributed by atoms with E-state index in [0.717, 1.165) is 42.9 Å². The van der Waals surface area contributed by atoms with Crippen molar-refractivity contribution in [3.8, 4) is 11.5 Å². The van der Waals surface area contributed by atoms with Crippen molar-refractivity contribution in [3.05, 3.63) is 29.3 Å². The minimum absolute atomic E-state index is 0.0169. The van der Waals surface area contributed by atoms with Gasteiger partial charge in [0.15, 0.2) is 0 Å². The van der Waals surface area contributed by atoms with Gasteiger partial charge in [-0.3, -0.25) is 4.79 Å². The summed E-state index contributed by atoms with van der Waals surface area (Å²) in [5.74, 6) is 1.58. The van der Waals surface area contributed by atoms with Crippen LogP contribution in [0.25, 0.3) is 6.08 Å². The second kappa shape index (κ2) is 6.62. The Labute approximate surface area is 137 Å². The second-order valence-electron chi connectivity index (χ2n) is 6.28. The maximum absolute atomic E-state index is 12.9. The molecular formula is C18H24N2O3. The van der Waals surface area contributed by atoms with Crippen LogP contribution in [0.3, 0.4) is 0 Å². The first kappa shape index (κ1) is 15.9. The highest BCUT2D eigenvalue weighted by molar-refractivity contribution is 5.99. The minimum atomic E-state index is -0.0169. The molecule has 23 heavy (non-hydrogen) atoms. The summed E-state index contributed by atoms with van der Waals surface area (Å²) in [7, 11) is 1.63. The van der Waals surface area contributed by atoms with Gasteiger partial charge in [0.2, 0.25) is 0 Å². The lowest BCUT2D eigenvalue weighted by molar-refractivity contribution is -0.131. The SMILES string of the molecule is COc1ccc2c(c1)C=C(C(=O)N1CCCC[C@@H]1[C@@H](C)N)CO2. The fourth-order valence-corrected chi connectivity index (χ4v) is 3.35. The summed E-state index contributed by atoms with van der Waals surface area (Å²) in [4.78, 5) is 14.8. The summed E-state index contributed by atoms with van der Waals surface area (Å²) < 4.78 is 11.0. The number of likely N-dealkylation sites (tertiary alicyclic amines) is 1. The molecule has 1 fully saturated rings. The Kier molecular flexibility index (Phi) is 4.57. The van der Waals surface area contributed by atoms with Crippen LogP contribution in [-0.2, 0) is 4.79 Å². The zero-order valence-electron chi connectivity index (χ0n) is 13.7. The number of nitrogens with two attached hydrogens (primary N) is 1. The normalized spacial score (nSPS) is 21.8. The molecule has 0 aliphatic carbocycles. The molecule has 0 unspecified atom stereocenters. The van der Waals surface area contributed by atoms with Gasteiger partial charge in [0.25, 0.3) is 5.91 Å². The van der Waals surface area contributed by atoms with Crippen LogP contribution < -0.4 is 15.2 Å². The van der Waals surface area contributed by atoms with E-state index in [1.807, 2.05) is 36.1 Å². The Bertz CT molecular complexity index is 625. The van der Waals surface area contributed by atoms with Gasteiger partial charge in [-0.15, -0.1) is 0 Å². The molecule has 1 saturated heterocycles. The lowest BCUT2D eigenvalue weighted by atomic mass is 9.95. The summed E-state index contributed by atoms with van der Waals surface area (Å²) in [5.41, 5.74) is 7.64. The number of hydrogen-bond donors (Lipinski definition) is 1. The average Bonchev–Trinajstić information content (AvgIpc) is 2.60. The van der Waals surface area contributed by atoms with Crippen LogP contribution >= 0.6 is 0 Å². The van der Waals surface area contributed by atoms with Gasteiger partial charge in [-0.25, -0.2) is 0 Å². The summed E-state index contributed by atoms with van der Waals surface area (Å²) >= 11 is 0. The molecule has 1 amide bonds. The smallest absolute Gasteiger partial charge is 0.253 e. The number of methoxy groups -OCH3 is 1. The van der Waals surface area contributed by atoms with Gasteiger partial charge in [-0.2, -0.15) is 0 Å². The third kappa shape index (κ3) is 3.20. The Hall–Kier alpha value is -2.01. The monoisotopic (exact) mass is 316 g/mol. The number of piperidine rings is 1. The number of amides is 1. The number of fused-ring (bicyclic) bond motifs is 1. The molecule has 2 atom stereocenters. The van der Waals surface area contributed by atoms with Crippen molar-refractivity contribution in [2.45, 2.75) is 38.3 Å². The molecule has 5 nitrogen and oxygen atoms in total. The molecule has 5 heteroatoms. The molecule has 1 aromatic rings. The molecule has 2 aliphatic heterocycles. The van der Waals surface area contributed by atoms with Gasteiger partial charge < -0.3 is 20.1 Å². The Morgan fingerprint density at radius 1 is 1.43 bits per heavy atom.